The molecule has 0 amide bonds. The second-order valence-electron chi connectivity index (χ2n) is 11.6. The van der Waals surface area contributed by atoms with Crippen molar-refractivity contribution in [1.29, 1.82) is 0 Å². The maximum absolute atomic E-state index is 15.0. The van der Waals surface area contributed by atoms with Crippen molar-refractivity contribution >= 4 is 37.5 Å². The summed E-state index contributed by atoms with van der Waals surface area (Å²) in [5, 5.41) is -9.47. The van der Waals surface area contributed by atoms with Crippen molar-refractivity contribution < 1.29 is 119 Å². The third-order valence-corrected chi connectivity index (χ3v) is 12.3. The van der Waals surface area contributed by atoms with E-state index in [0.29, 0.717) is 0 Å². The van der Waals surface area contributed by atoms with Crippen LogP contribution in [0.4, 0.5) is 87.8 Å². The van der Waals surface area contributed by atoms with E-state index in [1.807, 2.05) is 36.4 Å². The minimum Gasteiger partial charge on any atom is -0.0623 e. The molecule has 5 aromatic rings. The monoisotopic (exact) mass is 988 g/mol. The molecule has 1 aliphatic rings. The van der Waals surface area contributed by atoms with Gasteiger partial charge in [-0.2, -0.15) is 0 Å². The number of halogens is 20. The van der Waals surface area contributed by atoms with Gasteiger partial charge in [0.2, 0.25) is 23.3 Å². The van der Waals surface area contributed by atoms with Crippen molar-refractivity contribution in [1.82, 2.24) is 0 Å². The zero-order chi connectivity index (χ0) is 45.9. The third-order valence-electron chi connectivity index (χ3n) is 8.10. The quantitative estimate of drug-likeness (QED) is 0.0388. The van der Waals surface area contributed by atoms with Gasteiger partial charge < -0.3 is 9.05 Å². The zero-order valence-electron chi connectivity index (χ0n) is 29.3. The van der Waals surface area contributed by atoms with Crippen LogP contribution in [0.5, 0.6) is 0 Å². The summed E-state index contributed by atoms with van der Waals surface area (Å²) in [7, 11) is -9.10. The maximum Gasteiger partial charge on any atom is 0 e. The first-order valence-corrected chi connectivity index (χ1v) is 18.4. The van der Waals surface area contributed by atoms with Gasteiger partial charge >= 0.3 is 11.3 Å². The zero-order valence-corrected chi connectivity index (χ0v) is 32.4. The Balaban J connectivity index is 0.00000103. The largest absolute Gasteiger partial charge is 0.0623 e. The van der Waals surface area contributed by atoms with E-state index >= 15 is 35.1 Å². The molecule has 6 rings (SSSR count). The second kappa shape index (κ2) is 21.4. The standard InChI is InChI=1S/C29H8F20O2P2.C6H6.CO.Cr/c30-6-10(34)18(42)26(19(43)11(6)35)52(27-20(44)12(36)7(31)13(37)21(27)45)50-4-2-1-3-5(4)51-53(28-22(46)14(38)8(32)15(39)23(28)47)29-24(48)16(40)9(33)17(41)25(29)49;1-2-4-6-5-3-1;1-2;/h4-5H,1-3H2;1-6H;;/t4-,5-;;;/m1.../s1. The number of hydrogen-bond donors (Lipinski definition) is 0. The van der Waals surface area contributed by atoms with E-state index in [1.54, 1.807) is 0 Å². The molecule has 0 spiro atoms. The second-order valence-corrected chi connectivity index (χ2v) is 15.0. The van der Waals surface area contributed by atoms with E-state index < -0.39 is 185 Å². The SMILES string of the molecule is Fc1c(F)c(F)c(P(O[C@@H]2CCC[C@H]2OP(c2c(F)c(F)c(F)c(F)c2F)c2c(F)c(F)c(F)c(F)c2F)c2c(F)c(F)c(F)c(F)c2F)c(F)c1F.[C-]#[O+].[Cr].c1ccccc1. The fourth-order valence-corrected chi connectivity index (χ4v) is 9.41. The molecule has 332 valence electrons. The van der Waals surface area contributed by atoms with E-state index in [-0.39, 0.29) is 17.4 Å². The summed E-state index contributed by atoms with van der Waals surface area (Å²) in [6.45, 7) is 4.50. The van der Waals surface area contributed by atoms with Gasteiger partial charge in [-0.15, -0.1) is 0 Å². The first-order valence-electron chi connectivity index (χ1n) is 15.9. The molecule has 26 heteroatoms. The summed E-state index contributed by atoms with van der Waals surface area (Å²) in [5.41, 5.74) is 0. The first kappa shape index (κ1) is 52.1. The van der Waals surface area contributed by atoms with Crippen LogP contribution in [0.2, 0.25) is 0 Å². The van der Waals surface area contributed by atoms with Gasteiger partial charge in [-0.3, -0.25) is 0 Å². The molecule has 3 nitrogen and oxygen atoms in total. The van der Waals surface area contributed by atoms with Gasteiger partial charge in [-0.05, 0) is 19.3 Å². The average molecular weight is 988 g/mol. The molecule has 2 atom stereocenters. The topological polar surface area (TPSA) is 38.4 Å². The number of hydrogen-bond acceptors (Lipinski definition) is 2. The van der Waals surface area contributed by atoms with Gasteiger partial charge in [0.1, 0.15) is 16.3 Å². The van der Waals surface area contributed by atoms with Crippen LogP contribution in [0.3, 0.4) is 0 Å². The molecule has 0 aliphatic heterocycles. The Kier molecular flexibility index (Phi) is 18.0. The van der Waals surface area contributed by atoms with E-state index in [2.05, 4.69) is 6.65 Å². The molecule has 0 saturated heterocycles. The van der Waals surface area contributed by atoms with Crippen LogP contribution in [0.15, 0.2) is 36.4 Å². The van der Waals surface area contributed by atoms with Gasteiger partial charge in [0.05, 0.1) is 33.4 Å². The van der Waals surface area contributed by atoms with E-state index in [9.17, 15) is 52.7 Å². The van der Waals surface area contributed by atoms with Gasteiger partial charge in [0.25, 0.3) is 0 Å². The molecule has 5 aromatic carbocycles. The fraction of sp³-hybridized carbons (Fsp3) is 0.139. The predicted octanol–water partition coefficient (Wildman–Crippen LogP) is 10.5. The van der Waals surface area contributed by atoms with Gasteiger partial charge in [-0.25, -0.2) is 87.8 Å². The third kappa shape index (κ3) is 9.63. The predicted molar refractivity (Wildman–Crippen MR) is 171 cm³/mol. The molecule has 0 bridgehead atoms. The Labute approximate surface area is 346 Å². The van der Waals surface area contributed by atoms with E-state index in [0.717, 1.165) is 0 Å². The van der Waals surface area contributed by atoms with Crippen LogP contribution in [0, 0.1) is 123 Å². The van der Waals surface area contributed by atoms with Gasteiger partial charge in [0, 0.05) is 17.4 Å². The van der Waals surface area contributed by atoms with Crippen LogP contribution in [-0.4, -0.2) is 12.2 Å². The van der Waals surface area contributed by atoms with E-state index in [4.69, 9.17) is 13.7 Å². The molecule has 0 unspecified atom stereocenters. The summed E-state index contributed by atoms with van der Waals surface area (Å²) in [6, 6.07) is 12.0. The van der Waals surface area contributed by atoms with E-state index in [1.165, 1.54) is 0 Å². The van der Waals surface area contributed by atoms with Crippen LogP contribution < -0.4 is 21.2 Å². The normalized spacial score (nSPS) is 14.6. The van der Waals surface area contributed by atoms with Gasteiger partial charge in [-0.1, -0.05) is 36.4 Å². The Morgan fingerprint density at radius 3 is 0.629 bits per heavy atom. The Morgan fingerprint density at radius 1 is 0.323 bits per heavy atom. The molecule has 0 heterocycles. The summed E-state index contributed by atoms with van der Waals surface area (Å²) in [4.78, 5) is 0. The summed E-state index contributed by atoms with van der Waals surface area (Å²) in [5.74, 6) is -58.0. The molecule has 62 heavy (non-hydrogen) atoms. The van der Waals surface area contributed by atoms with Crippen LogP contribution in [-0.2, 0) is 31.1 Å². The van der Waals surface area contributed by atoms with Crippen molar-refractivity contribution in [3.8, 4) is 0 Å². The molecule has 0 N–H and O–H groups in total. The Bertz CT molecular complexity index is 2060. The fourth-order valence-electron chi connectivity index (χ4n) is 5.31. The van der Waals surface area contributed by atoms with Gasteiger partial charge in [0.15, 0.2) is 93.1 Å². The summed E-state index contributed by atoms with van der Waals surface area (Å²) in [6.07, 6.45) is -6.74. The van der Waals surface area contributed by atoms with Crippen LogP contribution in [0.1, 0.15) is 19.3 Å². The van der Waals surface area contributed by atoms with Crippen molar-refractivity contribution in [2.45, 2.75) is 31.5 Å². The minimum atomic E-state index is -4.55. The Hall–Kier alpha value is -4.25. The van der Waals surface area contributed by atoms with Crippen molar-refractivity contribution in [2.24, 2.45) is 0 Å². The van der Waals surface area contributed by atoms with Crippen molar-refractivity contribution in [2.75, 3.05) is 0 Å². The Morgan fingerprint density at radius 2 is 0.468 bits per heavy atom. The number of benzene rings is 5. The smallest absolute Gasteiger partial charge is 0 e. The maximum atomic E-state index is 15.0. The summed E-state index contributed by atoms with van der Waals surface area (Å²) < 4.78 is 307. The molecule has 0 radical (unpaired) electrons. The van der Waals surface area contributed by atoms with Crippen molar-refractivity contribution in [3.05, 3.63) is 159 Å². The first-order chi connectivity index (χ1) is 28.7. The van der Waals surface area contributed by atoms with Crippen LogP contribution in [0.25, 0.3) is 0 Å². The number of rotatable bonds is 8. The molecular weight excluding hydrogens is 974 g/mol. The molecular formula is C36H14CrF20O3P2. The molecule has 1 saturated carbocycles. The molecule has 1 aliphatic carbocycles. The molecule has 0 aromatic heterocycles. The van der Waals surface area contributed by atoms with Crippen molar-refractivity contribution in [3.63, 3.8) is 0 Å². The van der Waals surface area contributed by atoms with Crippen LogP contribution >= 0.6 is 16.3 Å². The molecule has 1 fully saturated rings. The summed E-state index contributed by atoms with van der Waals surface area (Å²) >= 11 is 0. The average Bonchev–Trinajstić information content (AvgIpc) is 3.71. The minimum absolute atomic E-state index is 0.